The number of aromatic nitrogens is 2. The van der Waals surface area contributed by atoms with Crippen molar-refractivity contribution in [2.75, 3.05) is 6.54 Å². The molecule has 1 rings (SSSR count). The Kier molecular flexibility index (Phi) is 4.14. The third kappa shape index (κ3) is 2.58. The summed E-state index contributed by atoms with van der Waals surface area (Å²) in [5.74, 6) is 1.70. The summed E-state index contributed by atoms with van der Waals surface area (Å²) in [6.07, 6.45) is 5.02. The van der Waals surface area contributed by atoms with Gasteiger partial charge in [-0.15, -0.1) is 0 Å². The molecule has 1 heterocycles. The van der Waals surface area contributed by atoms with Crippen molar-refractivity contribution in [2.24, 2.45) is 13.0 Å². The monoisotopic (exact) mass is 195 g/mol. The summed E-state index contributed by atoms with van der Waals surface area (Å²) >= 11 is 0. The Hall–Kier alpha value is -0.830. The number of nitrogens with zero attached hydrogens (tertiary/aromatic N) is 2. The van der Waals surface area contributed by atoms with E-state index in [2.05, 4.69) is 35.6 Å². The van der Waals surface area contributed by atoms with E-state index in [0.29, 0.717) is 12.0 Å². The topological polar surface area (TPSA) is 29.9 Å². The molecule has 0 spiro atoms. The maximum Gasteiger partial charge on any atom is 0.125 e. The number of imidazole rings is 1. The number of hydrogen-bond acceptors (Lipinski definition) is 2. The van der Waals surface area contributed by atoms with Gasteiger partial charge in [-0.25, -0.2) is 4.98 Å². The predicted molar refractivity (Wildman–Crippen MR) is 59.1 cm³/mol. The van der Waals surface area contributed by atoms with Crippen LogP contribution in [-0.4, -0.2) is 16.1 Å². The molecule has 0 radical (unpaired) electrons. The average Bonchev–Trinajstić information content (AvgIpc) is 2.52. The molecular weight excluding hydrogens is 174 g/mol. The van der Waals surface area contributed by atoms with Crippen molar-refractivity contribution in [1.82, 2.24) is 14.9 Å². The van der Waals surface area contributed by atoms with E-state index in [-0.39, 0.29) is 0 Å². The van der Waals surface area contributed by atoms with Gasteiger partial charge >= 0.3 is 0 Å². The lowest BCUT2D eigenvalue weighted by atomic mass is 10.0. The molecule has 3 heteroatoms. The number of aryl methyl sites for hydroxylation is 1. The fraction of sp³-hybridized carbons (Fsp3) is 0.727. The molecule has 80 valence electrons. The molecule has 3 nitrogen and oxygen atoms in total. The molecule has 0 aromatic carbocycles. The van der Waals surface area contributed by atoms with Crippen LogP contribution >= 0.6 is 0 Å². The summed E-state index contributed by atoms with van der Waals surface area (Å²) in [4.78, 5) is 4.39. The molecule has 0 saturated heterocycles. The van der Waals surface area contributed by atoms with Crippen molar-refractivity contribution in [3.8, 4) is 0 Å². The van der Waals surface area contributed by atoms with Gasteiger partial charge in [0.05, 0.1) is 6.04 Å². The highest BCUT2D eigenvalue weighted by molar-refractivity contribution is 4.99. The van der Waals surface area contributed by atoms with Crippen LogP contribution in [0.5, 0.6) is 0 Å². The summed E-state index contributed by atoms with van der Waals surface area (Å²) in [7, 11) is 2.05. The Morgan fingerprint density at radius 1 is 1.50 bits per heavy atom. The zero-order chi connectivity index (χ0) is 10.6. The van der Waals surface area contributed by atoms with Crippen LogP contribution in [0.3, 0.4) is 0 Å². The Morgan fingerprint density at radius 2 is 2.21 bits per heavy atom. The first-order valence-electron chi connectivity index (χ1n) is 5.37. The van der Waals surface area contributed by atoms with Gasteiger partial charge in [-0.2, -0.15) is 0 Å². The summed E-state index contributed by atoms with van der Waals surface area (Å²) in [5, 5.41) is 3.53. The smallest absolute Gasteiger partial charge is 0.125 e. The van der Waals surface area contributed by atoms with Crippen LogP contribution in [0.15, 0.2) is 12.4 Å². The summed E-state index contributed by atoms with van der Waals surface area (Å²) in [6, 6.07) is 0.370. The van der Waals surface area contributed by atoms with Gasteiger partial charge in [-0.3, -0.25) is 0 Å². The zero-order valence-electron chi connectivity index (χ0n) is 9.62. The summed E-state index contributed by atoms with van der Waals surface area (Å²) in [6.45, 7) is 7.68. The van der Waals surface area contributed by atoms with Gasteiger partial charge < -0.3 is 9.88 Å². The number of rotatable bonds is 5. The molecule has 0 amide bonds. The lowest BCUT2D eigenvalue weighted by Gasteiger charge is -2.21. The van der Waals surface area contributed by atoms with Gasteiger partial charge in [0.1, 0.15) is 5.82 Å². The Bertz CT molecular complexity index is 265. The zero-order valence-corrected chi connectivity index (χ0v) is 9.62. The summed E-state index contributed by atoms with van der Waals surface area (Å²) in [5.41, 5.74) is 0. The molecule has 0 bridgehead atoms. The molecule has 0 aliphatic carbocycles. The molecular formula is C11H21N3. The largest absolute Gasteiger partial charge is 0.337 e. The second-order valence-corrected chi connectivity index (χ2v) is 4.07. The van der Waals surface area contributed by atoms with Gasteiger partial charge in [0.2, 0.25) is 0 Å². The molecule has 1 aromatic rings. The molecule has 0 aliphatic heterocycles. The van der Waals surface area contributed by atoms with E-state index in [1.54, 1.807) is 0 Å². The van der Waals surface area contributed by atoms with Crippen molar-refractivity contribution in [3.63, 3.8) is 0 Å². The lowest BCUT2D eigenvalue weighted by molar-refractivity contribution is 0.387. The number of nitrogens with one attached hydrogen (secondary N) is 1. The molecule has 1 N–H and O–H groups in total. The average molecular weight is 195 g/mol. The fourth-order valence-corrected chi connectivity index (χ4v) is 1.60. The van der Waals surface area contributed by atoms with E-state index in [0.717, 1.165) is 18.8 Å². The highest BCUT2D eigenvalue weighted by Gasteiger charge is 2.18. The van der Waals surface area contributed by atoms with Crippen LogP contribution in [-0.2, 0) is 7.05 Å². The van der Waals surface area contributed by atoms with Gasteiger partial charge in [0.15, 0.2) is 0 Å². The van der Waals surface area contributed by atoms with E-state index in [4.69, 9.17) is 0 Å². The normalized spacial score (nSPS) is 13.5. The minimum Gasteiger partial charge on any atom is -0.337 e. The quantitative estimate of drug-likeness (QED) is 0.780. The fourth-order valence-electron chi connectivity index (χ4n) is 1.60. The highest BCUT2D eigenvalue weighted by Crippen LogP contribution is 2.19. The van der Waals surface area contributed by atoms with Crippen molar-refractivity contribution >= 4 is 0 Å². The Balaban J connectivity index is 2.73. The maximum absolute atomic E-state index is 4.39. The van der Waals surface area contributed by atoms with Gasteiger partial charge in [0.25, 0.3) is 0 Å². The van der Waals surface area contributed by atoms with E-state index < -0.39 is 0 Å². The highest BCUT2D eigenvalue weighted by atomic mass is 15.1. The van der Waals surface area contributed by atoms with Crippen LogP contribution in [0.2, 0.25) is 0 Å². The molecule has 1 aromatic heterocycles. The van der Waals surface area contributed by atoms with Gasteiger partial charge in [-0.05, 0) is 18.9 Å². The second-order valence-electron chi connectivity index (χ2n) is 4.07. The maximum atomic E-state index is 4.39. The van der Waals surface area contributed by atoms with E-state index >= 15 is 0 Å². The molecule has 0 saturated carbocycles. The lowest BCUT2D eigenvalue weighted by Crippen LogP contribution is -2.28. The standard InChI is InChI=1S/C11H21N3/c1-5-6-12-10(9(2)3)11-13-7-8-14(11)4/h7-10,12H,5-6H2,1-4H3. The van der Waals surface area contributed by atoms with Crippen molar-refractivity contribution in [3.05, 3.63) is 18.2 Å². The minimum atomic E-state index is 0.370. The van der Waals surface area contributed by atoms with Crippen molar-refractivity contribution in [1.29, 1.82) is 0 Å². The van der Waals surface area contributed by atoms with Crippen LogP contribution in [0, 0.1) is 5.92 Å². The molecule has 0 fully saturated rings. The van der Waals surface area contributed by atoms with E-state index in [1.807, 2.05) is 19.4 Å². The SMILES string of the molecule is CCCNC(c1nccn1C)C(C)C. The molecule has 0 aliphatic rings. The third-order valence-corrected chi connectivity index (χ3v) is 2.42. The van der Waals surface area contributed by atoms with Crippen LogP contribution in [0.1, 0.15) is 39.1 Å². The van der Waals surface area contributed by atoms with Crippen LogP contribution in [0.4, 0.5) is 0 Å². The van der Waals surface area contributed by atoms with Crippen LogP contribution < -0.4 is 5.32 Å². The molecule has 1 unspecified atom stereocenters. The van der Waals surface area contributed by atoms with Gasteiger partial charge in [-0.1, -0.05) is 20.8 Å². The number of hydrogen-bond donors (Lipinski definition) is 1. The van der Waals surface area contributed by atoms with Crippen molar-refractivity contribution in [2.45, 2.75) is 33.2 Å². The first-order chi connectivity index (χ1) is 6.66. The minimum absolute atomic E-state index is 0.370. The Labute approximate surface area is 86.5 Å². The van der Waals surface area contributed by atoms with Crippen molar-refractivity contribution < 1.29 is 0 Å². The predicted octanol–water partition coefficient (Wildman–Crippen LogP) is 2.12. The van der Waals surface area contributed by atoms with E-state index in [1.165, 1.54) is 0 Å². The molecule has 14 heavy (non-hydrogen) atoms. The van der Waals surface area contributed by atoms with Gasteiger partial charge in [0, 0.05) is 19.4 Å². The molecule has 1 atom stereocenters. The summed E-state index contributed by atoms with van der Waals surface area (Å²) < 4.78 is 2.09. The van der Waals surface area contributed by atoms with E-state index in [9.17, 15) is 0 Å². The first-order valence-corrected chi connectivity index (χ1v) is 5.37. The van der Waals surface area contributed by atoms with Crippen LogP contribution in [0.25, 0.3) is 0 Å². The third-order valence-electron chi connectivity index (χ3n) is 2.42. The first kappa shape index (κ1) is 11.2. The second kappa shape index (κ2) is 5.15. The Morgan fingerprint density at radius 3 is 2.64 bits per heavy atom.